The van der Waals surface area contributed by atoms with Crippen LogP contribution in [0.2, 0.25) is 0 Å². The molecule has 38 heavy (non-hydrogen) atoms. The molecule has 0 bridgehead atoms. The summed E-state index contributed by atoms with van der Waals surface area (Å²) in [5, 5.41) is 12.8. The summed E-state index contributed by atoms with van der Waals surface area (Å²) in [5.74, 6) is 1.08. The molecule has 0 atom stereocenters. The third kappa shape index (κ3) is 6.77. The number of carbonyl (C=O) groups is 2. The molecule has 0 unspecified atom stereocenters. The predicted octanol–water partition coefficient (Wildman–Crippen LogP) is 4.11. The molecular weight excluding hydrogens is 506 g/mol. The first-order chi connectivity index (χ1) is 18.5. The Morgan fingerprint density at radius 1 is 0.974 bits per heavy atom. The molecule has 0 spiro atoms. The van der Waals surface area contributed by atoms with Crippen molar-refractivity contribution in [1.29, 1.82) is 0 Å². The minimum Gasteiger partial charge on any atom is -0.497 e. The van der Waals surface area contributed by atoms with E-state index in [1.54, 1.807) is 79.8 Å². The first kappa shape index (κ1) is 26.4. The second kappa shape index (κ2) is 12.5. The van der Waals surface area contributed by atoms with Gasteiger partial charge in [-0.2, -0.15) is 5.10 Å². The molecule has 11 heteroatoms. The predicted molar refractivity (Wildman–Crippen MR) is 143 cm³/mol. The maximum Gasteiger partial charge on any atom is 0.343 e. The van der Waals surface area contributed by atoms with Gasteiger partial charge in [0.1, 0.15) is 12.1 Å². The zero-order valence-electron chi connectivity index (χ0n) is 21.0. The van der Waals surface area contributed by atoms with E-state index in [1.165, 1.54) is 13.3 Å². The molecule has 1 amide bonds. The highest BCUT2D eigenvalue weighted by molar-refractivity contribution is 7.98. The number of thioether (sulfide) groups is 1. The number of amides is 1. The van der Waals surface area contributed by atoms with Gasteiger partial charge in [-0.3, -0.25) is 4.79 Å². The molecule has 0 aliphatic carbocycles. The lowest BCUT2D eigenvalue weighted by Gasteiger charge is -2.10. The second-order valence-corrected chi connectivity index (χ2v) is 8.88. The highest BCUT2D eigenvalue weighted by Gasteiger charge is 2.13. The summed E-state index contributed by atoms with van der Waals surface area (Å²) in [6, 6.07) is 18.8. The second-order valence-electron chi connectivity index (χ2n) is 7.94. The van der Waals surface area contributed by atoms with Crippen LogP contribution in [0, 0.1) is 0 Å². The normalized spacial score (nSPS) is 10.8. The Bertz CT molecular complexity index is 1440. The van der Waals surface area contributed by atoms with E-state index < -0.39 is 5.97 Å². The number of nitrogens with one attached hydrogen (secondary N) is 1. The number of aromatic nitrogens is 3. The third-order valence-corrected chi connectivity index (χ3v) is 6.46. The summed E-state index contributed by atoms with van der Waals surface area (Å²) in [4.78, 5) is 24.9. The fourth-order valence-corrected chi connectivity index (χ4v) is 4.11. The van der Waals surface area contributed by atoms with Crippen molar-refractivity contribution < 1.29 is 23.8 Å². The Morgan fingerprint density at radius 2 is 1.71 bits per heavy atom. The number of carbonyl (C=O) groups excluding carboxylic acids is 2. The molecule has 0 fully saturated rings. The van der Waals surface area contributed by atoms with Crippen molar-refractivity contribution in [2.45, 2.75) is 10.9 Å². The standard InChI is InChI=1S/C27H25N5O5S/c1-32-17-29-31-27(32)38-16-18-4-7-20(8-5-18)25(33)30-28-15-19-6-13-23(24(14-19)36-3)37-26(34)21-9-11-22(35-2)12-10-21/h4-15,17H,16H2,1-3H3,(H,30,33)/b28-15+. The van der Waals surface area contributed by atoms with Gasteiger partial charge in [-0.15, -0.1) is 10.2 Å². The van der Waals surface area contributed by atoms with Crippen LogP contribution in [0.25, 0.3) is 0 Å². The molecular formula is C27H25N5O5S. The number of methoxy groups -OCH3 is 2. The summed E-state index contributed by atoms with van der Waals surface area (Å²) in [6.45, 7) is 0. The van der Waals surface area contributed by atoms with E-state index in [0.29, 0.717) is 33.9 Å². The van der Waals surface area contributed by atoms with Crippen LogP contribution in [-0.4, -0.2) is 47.1 Å². The smallest absolute Gasteiger partial charge is 0.343 e. The minimum absolute atomic E-state index is 0.256. The van der Waals surface area contributed by atoms with Crippen molar-refractivity contribution >= 4 is 29.9 Å². The molecule has 10 nitrogen and oxygen atoms in total. The fraction of sp³-hybridized carbons (Fsp3) is 0.148. The van der Waals surface area contributed by atoms with Crippen LogP contribution in [0.3, 0.4) is 0 Å². The van der Waals surface area contributed by atoms with E-state index in [9.17, 15) is 9.59 Å². The van der Waals surface area contributed by atoms with E-state index >= 15 is 0 Å². The molecule has 0 saturated carbocycles. The van der Waals surface area contributed by atoms with Gasteiger partial charge in [0.25, 0.3) is 5.91 Å². The topological polar surface area (TPSA) is 117 Å². The number of nitrogens with zero attached hydrogens (tertiary/aromatic N) is 4. The van der Waals surface area contributed by atoms with Crippen molar-refractivity contribution in [3.8, 4) is 17.2 Å². The lowest BCUT2D eigenvalue weighted by Crippen LogP contribution is -2.17. The van der Waals surface area contributed by atoms with E-state index in [4.69, 9.17) is 14.2 Å². The lowest BCUT2D eigenvalue weighted by atomic mass is 10.1. The van der Waals surface area contributed by atoms with Gasteiger partial charge in [-0.05, 0) is 65.7 Å². The van der Waals surface area contributed by atoms with Crippen molar-refractivity contribution in [3.05, 3.63) is 95.3 Å². The minimum atomic E-state index is -0.530. The first-order valence-corrected chi connectivity index (χ1v) is 12.4. The number of hydrogen-bond acceptors (Lipinski definition) is 9. The lowest BCUT2D eigenvalue weighted by molar-refractivity contribution is 0.0729. The van der Waals surface area contributed by atoms with Crippen LogP contribution in [-0.2, 0) is 12.8 Å². The summed E-state index contributed by atoms with van der Waals surface area (Å²) in [6.07, 6.45) is 3.13. The van der Waals surface area contributed by atoms with Crippen molar-refractivity contribution in [3.63, 3.8) is 0 Å². The van der Waals surface area contributed by atoms with Gasteiger partial charge in [-0.1, -0.05) is 23.9 Å². The van der Waals surface area contributed by atoms with Crippen molar-refractivity contribution in [2.24, 2.45) is 12.1 Å². The molecule has 0 saturated heterocycles. The third-order valence-electron chi connectivity index (χ3n) is 5.35. The number of hydrogen-bond donors (Lipinski definition) is 1. The van der Waals surface area contributed by atoms with Gasteiger partial charge < -0.3 is 18.8 Å². The molecule has 4 rings (SSSR count). The zero-order chi connectivity index (χ0) is 26.9. The van der Waals surface area contributed by atoms with Gasteiger partial charge in [0, 0.05) is 18.4 Å². The van der Waals surface area contributed by atoms with Crippen molar-refractivity contribution in [1.82, 2.24) is 20.2 Å². The Balaban J connectivity index is 1.32. The van der Waals surface area contributed by atoms with Gasteiger partial charge in [0.05, 0.1) is 26.0 Å². The van der Waals surface area contributed by atoms with Crippen LogP contribution >= 0.6 is 11.8 Å². The van der Waals surface area contributed by atoms with Crippen LogP contribution in [0.1, 0.15) is 31.8 Å². The van der Waals surface area contributed by atoms with Gasteiger partial charge in [0.15, 0.2) is 16.7 Å². The molecule has 1 aromatic heterocycles. The molecule has 1 heterocycles. The zero-order valence-corrected chi connectivity index (χ0v) is 21.8. The quantitative estimate of drug-likeness (QED) is 0.107. The Morgan fingerprint density at radius 3 is 2.37 bits per heavy atom. The Labute approximate surface area is 223 Å². The van der Waals surface area contributed by atoms with Crippen LogP contribution in [0.4, 0.5) is 0 Å². The number of benzene rings is 3. The number of aryl methyl sites for hydroxylation is 1. The van der Waals surface area contributed by atoms with Crippen LogP contribution in [0.5, 0.6) is 17.2 Å². The van der Waals surface area contributed by atoms with Crippen molar-refractivity contribution in [2.75, 3.05) is 14.2 Å². The molecule has 1 N–H and O–H groups in total. The van der Waals surface area contributed by atoms with E-state index in [0.717, 1.165) is 10.7 Å². The number of ether oxygens (including phenoxy) is 3. The first-order valence-electron chi connectivity index (χ1n) is 11.4. The largest absolute Gasteiger partial charge is 0.497 e. The molecule has 194 valence electrons. The molecule has 0 radical (unpaired) electrons. The highest BCUT2D eigenvalue weighted by Crippen LogP contribution is 2.28. The summed E-state index contributed by atoms with van der Waals surface area (Å²) >= 11 is 1.56. The van der Waals surface area contributed by atoms with Gasteiger partial charge >= 0.3 is 5.97 Å². The summed E-state index contributed by atoms with van der Waals surface area (Å²) < 4.78 is 17.8. The molecule has 3 aromatic carbocycles. The summed E-state index contributed by atoms with van der Waals surface area (Å²) in [7, 11) is 4.91. The number of esters is 1. The monoisotopic (exact) mass is 531 g/mol. The summed E-state index contributed by atoms with van der Waals surface area (Å²) in [5.41, 5.74) is 5.06. The molecule has 0 aliphatic heterocycles. The Hall–Kier alpha value is -4.64. The molecule has 4 aromatic rings. The maximum atomic E-state index is 12.5. The van der Waals surface area contributed by atoms with E-state index in [-0.39, 0.29) is 11.7 Å². The SMILES string of the molecule is COc1ccc(C(=O)Oc2ccc(/C=N/NC(=O)c3ccc(CSc4nncn4C)cc3)cc2OC)cc1. The molecule has 0 aliphatic rings. The van der Waals surface area contributed by atoms with Crippen LogP contribution in [0.15, 0.2) is 83.3 Å². The average Bonchev–Trinajstić information content (AvgIpc) is 3.37. The van der Waals surface area contributed by atoms with Gasteiger partial charge in [-0.25, -0.2) is 10.2 Å². The Kier molecular flexibility index (Phi) is 8.73. The number of hydrazone groups is 1. The van der Waals surface area contributed by atoms with Gasteiger partial charge in [0.2, 0.25) is 0 Å². The van der Waals surface area contributed by atoms with E-state index in [2.05, 4.69) is 20.7 Å². The average molecular weight is 532 g/mol. The number of rotatable bonds is 10. The van der Waals surface area contributed by atoms with E-state index in [1.807, 2.05) is 23.7 Å². The maximum absolute atomic E-state index is 12.5. The van der Waals surface area contributed by atoms with Crippen LogP contribution < -0.4 is 19.6 Å². The fourth-order valence-electron chi connectivity index (χ4n) is 3.27. The highest BCUT2D eigenvalue weighted by atomic mass is 32.2.